The van der Waals surface area contributed by atoms with Crippen molar-refractivity contribution in [3.05, 3.63) is 57.2 Å². The second kappa shape index (κ2) is 10.9. The third kappa shape index (κ3) is 6.98. The SMILES string of the molecule is CCNC(=NCc1cccc(Cl)c1)NCCc1cccs1.I. The molecular weight excluding hydrogens is 429 g/mol. The number of nitrogens with zero attached hydrogens (tertiary/aromatic N) is 1. The van der Waals surface area contributed by atoms with Crippen LogP contribution in [-0.2, 0) is 13.0 Å². The Morgan fingerprint density at radius 3 is 2.77 bits per heavy atom. The lowest BCUT2D eigenvalue weighted by molar-refractivity contribution is 0.804. The first-order valence-corrected chi connectivity index (χ1v) is 8.32. The number of hydrogen-bond acceptors (Lipinski definition) is 2. The number of halogens is 2. The molecule has 1 aromatic heterocycles. The maximum atomic E-state index is 5.98. The lowest BCUT2D eigenvalue weighted by atomic mass is 10.2. The zero-order valence-corrected chi connectivity index (χ0v) is 16.4. The molecule has 0 aliphatic carbocycles. The molecule has 2 aromatic rings. The van der Waals surface area contributed by atoms with Crippen molar-refractivity contribution in [2.75, 3.05) is 13.1 Å². The van der Waals surface area contributed by atoms with E-state index in [4.69, 9.17) is 11.6 Å². The van der Waals surface area contributed by atoms with Crippen molar-refractivity contribution in [2.45, 2.75) is 19.9 Å². The van der Waals surface area contributed by atoms with E-state index < -0.39 is 0 Å². The fourth-order valence-corrected chi connectivity index (χ4v) is 2.83. The number of aliphatic imine (C=N–C) groups is 1. The van der Waals surface area contributed by atoms with Gasteiger partial charge in [0, 0.05) is 23.0 Å². The van der Waals surface area contributed by atoms with Gasteiger partial charge in [-0.3, -0.25) is 0 Å². The topological polar surface area (TPSA) is 36.4 Å². The molecule has 0 bridgehead atoms. The van der Waals surface area contributed by atoms with Crippen LogP contribution in [-0.4, -0.2) is 19.0 Å². The highest BCUT2D eigenvalue weighted by Crippen LogP contribution is 2.11. The number of nitrogens with one attached hydrogen (secondary N) is 2. The second-order valence-corrected chi connectivity index (χ2v) is 6.05. The number of guanidine groups is 1. The molecule has 0 saturated carbocycles. The number of benzene rings is 1. The minimum atomic E-state index is 0. The van der Waals surface area contributed by atoms with Crippen LogP contribution in [0, 0.1) is 0 Å². The van der Waals surface area contributed by atoms with Gasteiger partial charge in [-0.15, -0.1) is 35.3 Å². The summed E-state index contributed by atoms with van der Waals surface area (Å²) in [5.41, 5.74) is 1.11. The van der Waals surface area contributed by atoms with Crippen LogP contribution in [0.5, 0.6) is 0 Å². The first-order valence-electron chi connectivity index (χ1n) is 7.07. The number of rotatable bonds is 6. The monoisotopic (exact) mass is 449 g/mol. The summed E-state index contributed by atoms with van der Waals surface area (Å²) in [6.45, 7) is 4.41. The van der Waals surface area contributed by atoms with Gasteiger partial charge in [-0.25, -0.2) is 4.99 Å². The van der Waals surface area contributed by atoms with E-state index in [0.29, 0.717) is 6.54 Å². The summed E-state index contributed by atoms with van der Waals surface area (Å²) in [5, 5.41) is 9.47. The van der Waals surface area contributed by atoms with Crippen molar-refractivity contribution in [3.63, 3.8) is 0 Å². The Morgan fingerprint density at radius 2 is 2.09 bits per heavy atom. The van der Waals surface area contributed by atoms with E-state index in [1.165, 1.54) is 4.88 Å². The Morgan fingerprint density at radius 1 is 1.23 bits per heavy atom. The number of thiophene rings is 1. The van der Waals surface area contributed by atoms with Crippen LogP contribution in [0.2, 0.25) is 5.02 Å². The molecule has 0 spiro atoms. The molecule has 0 saturated heterocycles. The molecule has 6 heteroatoms. The zero-order valence-electron chi connectivity index (χ0n) is 12.5. The molecule has 1 heterocycles. The Hall–Kier alpha value is -0.790. The fraction of sp³-hybridized carbons (Fsp3) is 0.312. The first kappa shape index (κ1) is 19.3. The van der Waals surface area contributed by atoms with Crippen LogP contribution < -0.4 is 10.6 Å². The van der Waals surface area contributed by atoms with Gasteiger partial charge in [0.05, 0.1) is 6.54 Å². The lowest BCUT2D eigenvalue weighted by Crippen LogP contribution is -2.38. The van der Waals surface area contributed by atoms with E-state index in [1.807, 2.05) is 24.3 Å². The van der Waals surface area contributed by atoms with Gasteiger partial charge in [-0.1, -0.05) is 29.8 Å². The Labute approximate surface area is 158 Å². The summed E-state index contributed by atoms with van der Waals surface area (Å²) in [6, 6.07) is 12.0. The Kier molecular flexibility index (Phi) is 9.50. The van der Waals surface area contributed by atoms with Crippen molar-refractivity contribution in [1.29, 1.82) is 0 Å². The first-order chi connectivity index (χ1) is 10.3. The van der Waals surface area contributed by atoms with E-state index in [0.717, 1.165) is 36.1 Å². The van der Waals surface area contributed by atoms with Crippen molar-refractivity contribution in [3.8, 4) is 0 Å². The maximum Gasteiger partial charge on any atom is 0.191 e. The second-order valence-electron chi connectivity index (χ2n) is 4.58. The highest BCUT2D eigenvalue weighted by atomic mass is 127. The summed E-state index contributed by atoms with van der Waals surface area (Å²) in [7, 11) is 0. The predicted octanol–water partition coefficient (Wildman–Crippen LogP) is 4.32. The molecule has 0 amide bonds. The Bertz CT molecular complexity index is 573. The molecule has 0 atom stereocenters. The quantitative estimate of drug-likeness (QED) is 0.391. The van der Waals surface area contributed by atoms with Crippen LogP contribution in [0.4, 0.5) is 0 Å². The van der Waals surface area contributed by atoms with E-state index in [-0.39, 0.29) is 24.0 Å². The van der Waals surface area contributed by atoms with Gasteiger partial charge in [-0.05, 0) is 42.5 Å². The summed E-state index contributed by atoms with van der Waals surface area (Å²) in [4.78, 5) is 5.97. The molecule has 2 rings (SSSR count). The molecule has 0 unspecified atom stereocenters. The van der Waals surface area contributed by atoms with E-state index in [9.17, 15) is 0 Å². The van der Waals surface area contributed by atoms with Crippen LogP contribution in [0.15, 0.2) is 46.8 Å². The van der Waals surface area contributed by atoms with Crippen LogP contribution in [0.3, 0.4) is 0 Å². The van der Waals surface area contributed by atoms with E-state index in [1.54, 1.807) is 11.3 Å². The molecule has 0 radical (unpaired) electrons. The van der Waals surface area contributed by atoms with Gasteiger partial charge >= 0.3 is 0 Å². The molecule has 0 aliphatic rings. The van der Waals surface area contributed by atoms with Gasteiger partial charge in [0.1, 0.15) is 0 Å². The average molecular weight is 450 g/mol. The van der Waals surface area contributed by atoms with Crippen LogP contribution in [0.25, 0.3) is 0 Å². The Balaban J connectivity index is 0.00000242. The zero-order chi connectivity index (χ0) is 14.9. The molecule has 2 N–H and O–H groups in total. The minimum absolute atomic E-state index is 0. The van der Waals surface area contributed by atoms with Crippen molar-refractivity contribution < 1.29 is 0 Å². The predicted molar refractivity (Wildman–Crippen MR) is 108 cm³/mol. The molecule has 120 valence electrons. The molecule has 22 heavy (non-hydrogen) atoms. The highest BCUT2D eigenvalue weighted by Gasteiger charge is 1.99. The largest absolute Gasteiger partial charge is 0.357 e. The van der Waals surface area contributed by atoms with E-state index in [2.05, 4.69) is 40.1 Å². The third-order valence-corrected chi connectivity index (χ3v) is 4.07. The summed E-state index contributed by atoms with van der Waals surface area (Å²) in [5.74, 6) is 0.842. The van der Waals surface area contributed by atoms with Gasteiger partial charge in [0.15, 0.2) is 5.96 Å². The average Bonchev–Trinajstić information content (AvgIpc) is 2.98. The summed E-state index contributed by atoms with van der Waals surface area (Å²) < 4.78 is 0. The van der Waals surface area contributed by atoms with Gasteiger partial charge in [0.25, 0.3) is 0 Å². The molecule has 0 fully saturated rings. The summed E-state index contributed by atoms with van der Waals surface area (Å²) in [6.07, 6.45) is 1.01. The normalized spacial score (nSPS) is 10.9. The maximum absolute atomic E-state index is 5.98. The standard InChI is InChI=1S/C16H20ClN3S.HI/c1-2-18-16(19-9-8-15-7-4-10-21-15)20-12-13-5-3-6-14(17)11-13;/h3-7,10-11H,2,8-9,12H2,1H3,(H2,18,19,20);1H. The van der Waals surface area contributed by atoms with Gasteiger partial charge in [-0.2, -0.15) is 0 Å². The minimum Gasteiger partial charge on any atom is -0.357 e. The molecule has 3 nitrogen and oxygen atoms in total. The van der Waals surface area contributed by atoms with Crippen LogP contribution in [0.1, 0.15) is 17.4 Å². The molecule has 0 aliphatic heterocycles. The molecular formula is C16H21ClIN3S. The van der Waals surface area contributed by atoms with Gasteiger partial charge < -0.3 is 10.6 Å². The third-order valence-electron chi connectivity index (χ3n) is 2.90. The highest BCUT2D eigenvalue weighted by molar-refractivity contribution is 14.0. The molecule has 1 aromatic carbocycles. The summed E-state index contributed by atoms with van der Waals surface area (Å²) >= 11 is 7.77. The van der Waals surface area contributed by atoms with Gasteiger partial charge in [0.2, 0.25) is 0 Å². The fourth-order valence-electron chi connectivity index (χ4n) is 1.91. The van der Waals surface area contributed by atoms with Crippen molar-refractivity contribution in [2.24, 2.45) is 4.99 Å². The van der Waals surface area contributed by atoms with Crippen molar-refractivity contribution >= 4 is 52.9 Å². The lowest BCUT2D eigenvalue weighted by Gasteiger charge is -2.10. The van der Waals surface area contributed by atoms with Crippen molar-refractivity contribution in [1.82, 2.24) is 10.6 Å². The van der Waals surface area contributed by atoms with E-state index >= 15 is 0 Å². The van der Waals surface area contributed by atoms with Crippen LogP contribution >= 0.6 is 46.9 Å². The smallest absolute Gasteiger partial charge is 0.191 e. The number of hydrogen-bond donors (Lipinski definition) is 2.